The summed E-state index contributed by atoms with van der Waals surface area (Å²) in [5.74, 6) is 0. The van der Waals surface area contributed by atoms with Crippen molar-refractivity contribution in [1.29, 1.82) is 0 Å². The molecule has 0 fully saturated rings. The molecular weight excluding hydrogens is 252 g/mol. The van der Waals surface area contributed by atoms with Crippen molar-refractivity contribution in [2.75, 3.05) is 19.0 Å². The predicted octanol–water partition coefficient (Wildman–Crippen LogP) is 2.21. The third-order valence-corrected chi connectivity index (χ3v) is 4.29. The fourth-order valence-corrected chi connectivity index (χ4v) is 2.96. The van der Waals surface area contributed by atoms with Crippen LogP contribution in [0.15, 0.2) is 33.5 Å². The molecule has 2 aromatic rings. The van der Waals surface area contributed by atoms with E-state index in [1.54, 1.807) is 23.1 Å². The second-order valence-corrected chi connectivity index (χ2v) is 5.97. The summed E-state index contributed by atoms with van der Waals surface area (Å²) >= 11 is 3.21. The number of hydrogen-bond acceptors (Lipinski definition) is 6. The zero-order chi connectivity index (χ0) is 12.3. The van der Waals surface area contributed by atoms with Gasteiger partial charge >= 0.3 is 0 Å². The van der Waals surface area contributed by atoms with Crippen molar-refractivity contribution in [1.82, 2.24) is 10.2 Å². The van der Waals surface area contributed by atoms with Crippen LogP contribution in [0.3, 0.4) is 0 Å². The molecule has 0 aliphatic carbocycles. The Kier molecular flexibility index (Phi) is 3.98. The Morgan fingerprint density at radius 2 is 1.94 bits per heavy atom. The first-order valence-electron chi connectivity index (χ1n) is 5.16. The summed E-state index contributed by atoms with van der Waals surface area (Å²) in [6.45, 7) is 0.578. The second-order valence-electron chi connectivity index (χ2n) is 3.70. The lowest BCUT2D eigenvalue weighted by molar-refractivity contribution is 0.972. The zero-order valence-electron chi connectivity index (χ0n) is 9.75. The van der Waals surface area contributed by atoms with Crippen molar-refractivity contribution in [2.45, 2.75) is 15.8 Å². The number of nitrogens with two attached hydrogens (primary N) is 1. The predicted molar refractivity (Wildman–Crippen MR) is 72.7 cm³/mol. The molecule has 2 N–H and O–H groups in total. The molecule has 17 heavy (non-hydrogen) atoms. The van der Waals surface area contributed by atoms with Crippen molar-refractivity contribution in [3.63, 3.8) is 0 Å². The molecular formula is C11H14N4S2. The number of aromatic nitrogens is 2. The lowest BCUT2D eigenvalue weighted by Crippen LogP contribution is -2.07. The molecule has 2 rings (SSSR count). The first-order chi connectivity index (χ1) is 8.19. The van der Waals surface area contributed by atoms with Gasteiger partial charge in [-0.25, -0.2) is 0 Å². The van der Waals surface area contributed by atoms with Crippen molar-refractivity contribution < 1.29 is 0 Å². The maximum Gasteiger partial charge on any atom is 0.208 e. The largest absolute Gasteiger partial charge is 0.353 e. The van der Waals surface area contributed by atoms with Gasteiger partial charge < -0.3 is 10.6 Å². The number of anilines is 1. The van der Waals surface area contributed by atoms with Crippen molar-refractivity contribution in [3.8, 4) is 0 Å². The van der Waals surface area contributed by atoms with Gasteiger partial charge in [0.25, 0.3) is 0 Å². The normalized spacial score (nSPS) is 10.5. The molecule has 1 aromatic carbocycles. The Balaban J connectivity index is 2.08. The minimum Gasteiger partial charge on any atom is -0.353 e. The van der Waals surface area contributed by atoms with E-state index in [0.29, 0.717) is 6.54 Å². The number of rotatable bonds is 4. The van der Waals surface area contributed by atoms with Crippen molar-refractivity contribution >= 4 is 28.2 Å². The van der Waals surface area contributed by atoms with E-state index in [0.717, 1.165) is 19.9 Å². The highest BCUT2D eigenvalue weighted by Crippen LogP contribution is 2.32. The summed E-state index contributed by atoms with van der Waals surface area (Å²) < 4.78 is 0.953. The molecule has 1 aromatic heterocycles. The summed E-state index contributed by atoms with van der Waals surface area (Å²) in [4.78, 5) is 3.11. The third kappa shape index (κ3) is 3.18. The Hall–Kier alpha value is -1.11. The molecule has 1 heterocycles. The van der Waals surface area contributed by atoms with Crippen LogP contribution in [-0.4, -0.2) is 24.3 Å². The van der Waals surface area contributed by atoms with Crippen LogP contribution in [0.4, 0.5) is 5.13 Å². The summed E-state index contributed by atoms with van der Waals surface area (Å²) in [5.41, 5.74) is 6.70. The number of benzene rings is 1. The Labute approximate surface area is 109 Å². The minimum atomic E-state index is 0.578. The third-order valence-electron chi connectivity index (χ3n) is 2.14. The van der Waals surface area contributed by atoms with Gasteiger partial charge in [0.1, 0.15) is 0 Å². The zero-order valence-corrected chi connectivity index (χ0v) is 11.4. The van der Waals surface area contributed by atoms with Gasteiger partial charge in [0.05, 0.1) is 0 Å². The maximum atomic E-state index is 5.56. The highest BCUT2D eigenvalue weighted by Gasteiger charge is 2.07. The molecule has 0 unspecified atom stereocenters. The van der Waals surface area contributed by atoms with E-state index < -0.39 is 0 Å². The topological polar surface area (TPSA) is 55.0 Å². The van der Waals surface area contributed by atoms with Crippen molar-refractivity contribution in [2.24, 2.45) is 5.73 Å². The maximum absolute atomic E-state index is 5.56. The van der Waals surface area contributed by atoms with Gasteiger partial charge in [0, 0.05) is 25.5 Å². The van der Waals surface area contributed by atoms with Crippen LogP contribution in [0.2, 0.25) is 0 Å². The molecule has 0 radical (unpaired) electrons. The first kappa shape index (κ1) is 12.3. The van der Waals surface area contributed by atoms with Crippen LogP contribution in [0.5, 0.6) is 0 Å². The van der Waals surface area contributed by atoms with Crippen LogP contribution < -0.4 is 10.6 Å². The molecule has 0 aliphatic heterocycles. The molecule has 90 valence electrons. The number of hydrogen-bond donors (Lipinski definition) is 1. The lowest BCUT2D eigenvalue weighted by atomic mass is 10.2. The minimum absolute atomic E-state index is 0.578. The van der Waals surface area contributed by atoms with Gasteiger partial charge in [0.15, 0.2) is 4.34 Å². The summed E-state index contributed by atoms with van der Waals surface area (Å²) in [6, 6.07) is 8.19. The molecule has 0 amide bonds. The van der Waals surface area contributed by atoms with Crippen LogP contribution in [0.25, 0.3) is 0 Å². The van der Waals surface area contributed by atoms with Gasteiger partial charge in [-0.3, -0.25) is 0 Å². The SMILES string of the molecule is CN(C)c1nnc(Sc2ccc(CN)cc2)s1. The molecule has 4 nitrogen and oxygen atoms in total. The smallest absolute Gasteiger partial charge is 0.208 e. The second kappa shape index (κ2) is 5.48. The summed E-state index contributed by atoms with van der Waals surface area (Å²) in [7, 11) is 3.93. The van der Waals surface area contributed by atoms with Crippen LogP contribution in [0.1, 0.15) is 5.56 Å². The fourth-order valence-electron chi connectivity index (χ4n) is 1.22. The highest BCUT2D eigenvalue weighted by molar-refractivity contribution is 8.01. The number of nitrogens with zero attached hydrogens (tertiary/aromatic N) is 3. The van der Waals surface area contributed by atoms with E-state index in [-0.39, 0.29) is 0 Å². The molecule has 0 aliphatic rings. The van der Waals surface area contributed by atoms with E-state index >= 15 is 0 Å². The monoisotopic (exact) mass is 266 g/mol. The van der Waals surface area contributed by atoms with Crippen molar-refractivity contribution in [3.05, 3.63) is 29.8 Å². The Morgan fingerprint density at radius 3 is 2.47 bits per heavy atom. The van der Waals surface area contributed by atoms with Gasteiger partial charge in [-0.05, 0) is 17.7 Å². The fraction of sp³-hybridized carbons (Fsp3) is 0.273. The summed E-state index contributed by atoms with van der Waals surface area (Å²) in [5, 5.41) is 9.16. The van der Waals surface area contributed by atoms with E-state index in [4.69, 9.17) is 5.73 Å². The average molecular weight is 266 g/mol. The molecule has 0 spiro atoms. The average Bonchev–Trinajstić information content (AvgIpc) is 2.79. The molecule has 6 heteroatoms. The Morgan fingerprint density at radius 1 is 1.24 bits per heavy atom. The lowest BCUT2D eigenvalue weighted by Gasteiger charge is -2.03. The van der Waals surface area contributed by atoms with Gasteiger partial charge in [-0.1, -0.05) is 35.2 Å². The van der Waals surface area contributed by atoms with Crippen LogP contribution in [-0.2, 0) is 6.54 Å². The highest BCUT2D eigenvalue weighted by atomic mass is 32.2. The Bertz CT molecular complexity index is 478. The first-order valence-corrected chi connectivity index (χ1v) is 6.80. The molecule has 0 bridgehead atoms. The molecule has 0 saturated carbocycles. The molecule has 0 saturated heterocycles. The van der Waals surface area contributed by atoms with Gasteiger partial charge in [0.2, 0.25) is 5.13 Å². The standard InChI is InChI=1S/C11H14N4S2/c1-15(2)10-13-14-11(17-10)16-9-5-3-8(7-12)4-6-9/h3-6H,7,12H2,1-2H3. The van der Waals surface area contributed by atoms with Crippen LogP contribution >= 0.6 is 23.1 Å². The van der Waals surface area contributed by atoms with E-state index in [2.05, 4.69) is 22.3 Å². The van der Waals surface area contributed by atoms with E-state index in [9.17, 15) is 0 Å². The van der Waals surface area contributed by atoms with Crippen LogP contribution in [0, 0.1) is 0 Å². The summed E-state index contributed by atoms with van der Waals surface area (Å²) in [6.07, 6.45) is 0. The molecule has 0 atom stereocenters. The van der Waals surface area contributed by atoms with E-state index in [1.807, 2.05) is 31.1 Å². The van der Waals surface area contributed by atoms with Gasteiger partial charge in [-0.15, -0.1) is 10.2 Å². The quantitative estimate of drug-likeness (QED) is 0.919. The van der Waals surface area contributed by atoms with Gasteiger partial charge in [-0.2, -0.15) is 0 Å². The van der Waals surface area contributed by atoms with E-state index in [1.165, 1.54) is 0 Å².